The summed E-state index contributed by atoms with van der Waals surface area (Å²) < 4.78 is 11.1. The first-order valence-electron chi connectivity index (χ1n) is 10.1. The summed E-state index contributed by atoms with van der Waals surface area (Å²) in [5.74, 6) is -2.62. The predicted molar refractivity (Wildman–Crippen MR) is 113 cm³/mol. The van der Waals surface area contributed by atoms with Crippen molar-refractivity contribution in [1.82, 2.24) is 10.2 Å². The SMILES string of the molecule is CCCCOc1c(OC)cccc1C(=O)NCCCN(CC)CC.O=C(O)C(=O)O. The first-order valence-corrected chi connectivity index (χ1v) is 10.1. The summed E-state index contributed by atoms with van der Waals surface area (Å²) in [4.78, 5) is 33.0. The normalized spacial score (nSPS) is 10.0. The summed E-state index contributed by atoms with van der Waals surface area (Å²) in [6.07, 6.45) is 2.93. The summed E-state index contributed by atoms with van der Waals surface area (Å²) in [5.41, 5.74) is 0.535. The lowest BCUT2D eigenvalue weighted by Gasteiger charge is -2.18. The quantitative estimate of drug-likeness (QED) is 0.344. The molecule has 1 rings (SSSR count). The van der Waals surface area contributed by atoms with Crippen LogP contribution in [-0.4, -0.2) is 72.9 Å². The van der Waals surface area contributed by atoms with Crippen LogP contribution >= 0.6 is 0 Å². The number of ether oxygens (including phenoxy) is 2. The molecule has 0 fully saturated rings. The Bertz CT molecular complexity index is 649. The summed E-state index contributed by atoms with van der Waals surface area (Å²) in [6.45, 7) is 10.7. The number of carbonyl (C=O) groups is 3. The molecule has 0 aliphatic rings. The standard InChI is InChI=1S/C19H32N2O3.C2H2O4/c1-5-8-15-24-18-16(11-9-12-17(18)23-4)19(22)20-13-10-14-21(6-2)7-3;3-1(4)2(5)6/h9,11-12H,5-8,10,13-15H2,1-4H3,(H,20,22);(H,3,4)(H,5,6). The van der Waals surface area contributed by atoms with Crippen LogP contribution in [0.1, 0.15) is 50.4 Å². The number of carboxylic acids is 2. The molecule has 1 aromatic rings. The highest BCUT2D eigenvalue weighted by Gasteiger charge is 2.16. The van der Waals surface area contributed by atoms with E-state index in [1.165, 1.54) is 0 Å². The molecule has 30 heavy (non-hydrogen) atoms. The number of hydrogen-bond donors (Lipinski definition) is 3. The molecule has 1 aromatic carbocycles. The van der Waals surface area contributed by atoms with E-state index >= 15 is 0 Å². The third-order valence-electron chi connectivity index (χ3n) is 4.20. The fourth-order valence-electron chi connectivity index (χ4n) is 2.46. The predicted octanol–water partition coefficient (Wildman–Crippen LogP) is 2.49. The number of nitrogens with one attached hydrogen (secondary N) is 1. The molecular formula is C21H34N2O7. The van der Waals surface area contributed by atoms with Gasteiger partial charge in [-0.1, -0.05) is 33.3 Å². The van der Waals surface area contributed by atoms with Crippen molar-refractivity contribution in [3.8, 4) is 11.5 Å². The fraction of sp³-hybridized carbons (Fsp3) is 0.571. The van der Waals surface area contributed by atoms with E-state index in [4.69, 9.17) is 29.3 Å². The van der Waals surface area contributed by atoms with Crippen molar-refractivity contribution < 1.29 is 34.1 Å². The van der Waals surface area contributed by atoms with Crippen LogP contribution in [0.3, 0.4) is 0 Å². The highest BCUT2D eigenvalue weighted by molar-refractivity contribution is 6.27. The van der Waals surface area contributed by atoms with Crippen molar-refractivity contribution in [1.29, 1.82) is 0 Å². The molecule has 0 aliphatic carbocycles. The summed E-state index contributed by atoms with van der Waals surface area (Å²) in [5, 5.41) is 17.8. The maximum atomic E-state index is 12.5. The second-order valence-corrected chi connectivity index (χ2v) is 6.29. The van der Waals surface area contributed by atoms with Crippen LogP contribution in [0, 0.1) is 0 Å². The lowest BCUT2D eigenvalue weighted by atomic mass is 10.1. The van der Waals surface area contributed by atoms with Crippen LogP contribution in [0.25, 0.3) is 0 Å². The van der Waals surface area contributed by atoms with Crippen molar-refractivity contribution in [2.45, 2.75) is 40.0 Å². The summed E-state index contributed by atoms with van der Waals surface area (Å²) in [6, 6.07) is 5.41. The number of carbonyl (C=O) groups excluding carboxylic acids is 1. The molecule has 0 unspecified atom stereocenters. The molecule has 9 heteroatoms. The molecule has 0 heterocycles. The average molecular weight is 427 g/mol. The number of nitrogens with zero attached hydrogens (tertiary/aromatic N) is 1. The van der Waals surface area contributed by atoms with Gasteiger partial charge in [0.05, 0.1) is 19.3 Å². The van der Waals surface area contributed by atoms with Gasteiger partial charge in [-0.15, -0.1) is 0 Å². The van der Waals surface area contributed by atoms with E-state index in [9.17, 15) is 4.79 Å². The van der Waals surface area contributed by atoms with Gasteiger partial charge in [0.2, 0.25) is 0 Å². The minimum atomic E-state index is -1.82. The van der Waals surface area contributed by atoms with Crippen molar-refractivity contribution in [3.05, 3.63) is 23.8 Å². The second-order valence-electron chi connectivity index (χ2n) is 6.29. The number of methoxy groups -OCH3 is 1. The van der Waals surface area contributed by atoms with E-state index in [2.05, 4.69) is 31.0 Å². The first-order chi connectivity index (χ1) is 14.3. The number of para-hydroxylation sites is 1. The van der Waals surface area contributed by atoms with Gasteiger partial charge < -0.3 is 29.9 Å². The third kappa shape index (κ3) is 10.7. The van der Waals surface area contributed by atoms with Gasteiger partial charge in [0.25, 0.3) is 5.91 Å². The van der Waals surface area contributed by atoms with Crippen LogP contribution in [0.2, 0.25) is 0 Å². The maximum absolute atomic E-state index is 12.5. The number of benzene rings is 1. The molecular weight excluding hydrogens is 392 g/mol. The zero-order chi connectivity index (χ0) is 22.9. The van der Waals surface area contributed by atoms with Crippen molar-refractivity contribution in [3.63, 3.8) is 0 Å². The van der Waals surface area contributed by atoms with Crippen molar-refractivity contribution in [2.75, 3.05) is 39.9 Å². The topological polar surface area (TPSA) is 125 Å². The Morgan fingerprint density at radius 1 is 1.03 bits per heavy atom. The Morgan fingerprint density at radius 2 is 1.67 bits per heavy atom. The van der Waals surface area contributed by atoms with E-state index in [1.807, 2.05) is 12.1 Å². The van der Waals surface area contributed by atoms with E-state index in [-0.39, 0.29) is 5.91 Å². The van der Waals surface area contributed by atoms with Gasteiger partial charge in [-0.2, -0.15) is 0 Å². The number of amides is 1. The van der Waals surface area contributed by atoms with E-state index in [0.717, 1.165) is 38.9 Å². The van der Waals surface area contributed by atoms with Crippen LogP contribution < -0.4 is 14.8 Å². The van der Waals surface area contributed by atoms with E-state index < -0.39 is 11.9 Å². The minimum absolute atomic E-state index is 0.111. The lowest BCUT2D eigenvalue weighted by molar-refractivity contribution is -0.159. The average Bonchev–Trinajstić information content (AvgIpc) is 2.74. The van der Waals surface area contributed by atoms with Gasteiger partial charge in [0.15, 0.2) is 11.5 Å². The van der Waals surface area contributed by atoms with Gasteiger partial charge in [-0.3, -0.25) is 4.79 Å². The Morgan fingerprint density at radius 3 is 2.17 bits per heavy atom. The molecule has 3 N–H and O–H groups in total. The first kappa shape index (κ1) is 27.2. The van der Waals surface area contributed by atoms with Gasteiger partial charge in [0, 0.05) is 6.54 Å². The van der Waals surface area contributed by atoms with Gasteiger partial charge in [0.1, 0.15) is 0 Å². The van der Waals surface area contributed by atoms with E-state index in [1.54, 1.807) is 13.2 Å². The van der Waals surface area contributed by atoms with E-state index in [0.29, 0.717) is 30.2 Å². The smallest absolute Gasteiger partial charge is 0.414 e. The molecule has 0 aliphatic heterocycles. The van der Waals surface area contributed by atoms with Crippen LogP contribution in [0.4, 0.5) is 0 Å². The molecule has 9 nitrogen and oxygen atoms in total. The Hall–Kier alpha value is -2.81. The van der Waals surface area contributed by atoms with Gasteiger partial charge in [-0.25, -0.2) is 9.59 Å². The number of aliphatic carboxylic acids is 2. The summed E-state index contributed by atoms with van der Waals surface area (Å²) in [7, 11) is 1.59. The van der Waals surface area contributed by atoms with Crippen LogP contribution in [-0.2, 0) is 9.59 Å². The van der Waals surface area contributed by atoms with Crippen LogP contribution in [0.5, 0.6) is 11.5 Å². The molecule has 0 aromatic heterocycles. The molecule has 0 radical (unpaired) electrons. The molecule has 1 amide bonds. The fourth-order valence-corrected chi connectivity index (χ4v) is 2.46. The molecule has 0 spiro atoms. The molecule has 0 atom stereocenters. The zero-order valence-corrected chi connectivity index (χ0v) is 18.3. The maximum Gasteiger partial charge on any atom is 0.414 e. The third-order valence-corrected chi connectivity index (χ3v) is 4.20. The van der Waals surface area contributed by atoms with Gasteiger partial charge >= 0.3 is 11.9 Å². The molecule has 0 saturated carbocycles. The number of hydrogen-bond acceptors (Lipinski definition) is 6. The number of unbranched alkanes of at least 4 members (excludes halogenated alkanes) is 1. The number of carboxylic acid groups (broad SMARTS) is 2. The Kier molecular flexibility index (Phi) is 14.5. The molecule has 0 saturated heterocycles. The Balaban J connectivity index is 0.00000122. The number of rotatable bonds is 12. The summed E-state index contributed by atoms with van der Waals surface area (Å²) >= 11 is 0. The molecule has 0 bridgehead atoms. The largest absolute Gasteiger partial charge is 0.493 e. The monoisotopic (exact) mass is 426 g/mol. The Labute approximate surface area is 178 Å². The highest BCUT2D eigenvalue weighted by atomic mass is 16.5. The lowest BCUT2D eigenvalue weighted by Crippen LogP contribution is -2.30. The molecule has 170 valence electrons. The minimum Gasteiger partial charge on any atom is -0.493 e. The highest BCUT2D eigenvalue weighted by Crippen LogP contribution is 2.31. The second kappa shape index (κ2) is 16.0. The van der Waals surface area contributed by atoms with Gasteiger partial charge in [-0.05, 0) is 44.6 Å². The van der Waals surface area contributed by atoms with Crippen molar-refractivity contribution >= 4 is 17.8 Å². The van der Waals surface area contributed by atoms with Crippen LogP contribution in [0.15, 0.2) is 18.2 Å². The zero-order valence-electron chi connectivity index (χ0n) is 18.3. The van der Waals surface area contributed by atoms with Crippen molar-refractivity contribution in [2.24, 2.45) is 0 Å².